The Labute approximate surface area is 256 Å². The molecule has 0 unspecified atom stereocenters. The molecule has 0 atom stereocenters. The van der Waals surface area contributed by atoms with Gasteiger partial charge in [-0.25, -0.2) is 0 Å². The molecule has 1 N–H and O–H groups in total. The average molecular weight is 559 g/mol. The number of nitrogens with one attached hydrogen (secondary N) is 1. The van der Waals surface area contributed by atoms with Gasteiger partial charge < -0.3 is 0 Å². The molecule has 2 heteroatoms. The Morgan fingerprint density at radius 1 is 0.395 bits per heavy atom. The fourth-order valence-corrected chi connectivity index (χ4v) is 6.65. The van der Waals surface area contributed by atoms with Crippen molar-refractivity contribution in [3.8, 4) is 0 Å². The third-order valence-corrected chi connectivity index (χ3v) is 8.61. The number of rotatable bonds is 11. The van der Waals surface area contributed by atoms with E-state index in [0.29, 0.717) is 0 Å². The predicted octanol–water partition coefficient (Wildman–Crippen LogP) is 8.49. The molecule has 0 aliphatic carbocycles. The highest BCUT2D eigenvalue weighted by molar-refractivity contribution is 5.51. The van der Waals surface area contributed by atoms with Crippen molar-refractivity contribution < 1.29 is 0 Å². The molecule has 6 aromatic carbocycles. The fraction of sp³-hybridized carbons (Fsp3) is 0.122. The summed E-state index contributed by atoms with van der Waals surface area (Å²) in [7, 11) is 2.25. The molecule has 0 heterocycles. The van der Waals surface area contributed by atoms with Gasteiger partial charge in [0.2, 0.25) is 0 Å². The number of nitrogens with zero attached hydrogens (tertiary/aromatic N) is 1. The largest absolute Gasteiger partial charge is 0.299 e. The predicted molar refractivity (Wildman–Crippen MR) is 179 cm³/mol. The molecule has 6 rings (SSSR count). The normalized spacial score (nSPS) is 11.9. The van der Waals surface area contributed by atoms with Crippen molar-refractivity contribution >= 4 is 0 Å². The zero-order valence-corrected chi connectivity index (χ0v) is 24.7. The van der Waals surface area contributed by atoms with Crippen LogP contribution < -0.4 is 5.32 Å². The molecule has 0 aliphatic rings. The molecule has 0 bridgehead atoms. The molecule has 0 saturated heterocycles. The van der Waals surface area contributed by atoms with Crippen molar-refractivity contribution in [2.75, 3.05) is 20.1 Å². The maximum Gasteiger partial charge on any atom is 0.0970 e. The molecule has 0 saturated carbocycles. The van der Waals surface area contributed by atoms with E-state index in [-0.39, 0.29) is 0 Å². The van der Waals surface area contributed by atoms with E-state index in [2.05, 4.69) is 199 Å². The van der Waals surface area contributed by atoms with Crippen LogP contribution in [0.25, 0.3) is 0 Å². The first-order valence-electron chi connectivity index (χ1n) is 15.1. The maximum atomic E-state index is 4.10. The number of hydrogen-bond donors (Lipinski definition) is 1. The Hall–Kier alpha value is -4.76. The monoisotopic (exact) mass is 558 g/mol. The SMILES string of the molecule is CN(CCNC(c1ccccc1)(c1ccccc1)c1ccccc1)C(c1ccccc1)(c1ccccc1)c1ccccc1. The summed E-state index contributed by atoms with van der Waals surface area (Å²) < 4.78 is 0. The number of benzene rings is 6. The van der Waals surface area contributed by atoms with Gasteiger partial charge in [-0.05, 0) is 40.4 Å². The fourth-order valence-electron chi connectivity index (χ4n) is 6.65. The van der Waals surface area contributed by atoms with Crippen LogP contribution in [0.15, 0.2) is 182 Å². The van der Waals surface area contributed by atoms with Crippen molar-refractivity contribution in [3.05, 3.63) is 215 Å². The topological polar surface area (TPSA) is 15.3 Å². The van der Waals surface area contributed by atoms with Gasteiger partial charge in [0.05, 0.1) is 11.1 Å². The highest BCUT2D eigenvalue weighted by Crippen LogP contribution is 2.42. The lowest BCUT2D eigenvalue weighted by Gasteiger charge is -2.45. The maximum absolute atomic E-state index is 4.10. The third-order valence-electron chi connectivity index (χ3n) is 8.61. The first-order valence-corrected chi connectivity index (χ1v) is 15.1. The van der Waals surface area contributed by atoms with Crippen LogP contribution >= 0.6 is 0 Å². The van der Waals surface area contributed by atoms with E-state index in [1.807, 2.05) is 0 Å². The number of likely N-dealkylation sites (N-methyl/N-ethyl adjacent to an activating group) is 1. The summed E-state index contributed by atoms with van der Waals surface area (Å²) in [5.74, 6) is 0. The molecule has 0 aromatic heterocycles. The van der Waals surface area contributed by atoms with Gasteiger partial charge in [0.15, 0.2) is 0 Å². The summed E-state index contributed by atoms with van der Waals surface area (Å²) in [6.45, 7) is 1.55. The Morgan fingerprint density at radius 3 is 0.930 bits per heavy atom. The summed E-state index contributed by atoms with van der Waals surface area (Å²) in [4.78, 5) is 2.51. The van der Waals surface area contributed by atoms with Crippen LogP contribution in [-0.4, -0.2) is 25.0 Å². The minimum absolute atomic E-state index is 0.472. The van der Waals surface area contributed by atoms with Crippen molar-refractivity contribution in [1.29, 1.82) is 0 Å². The van der Waals surface area contributed by atoms with Gasteiger partial charge >= 0.3 is 0 Å². The van der Waals surface area contributed by atoms with Gasteiger partial charge in [-0.1, -0.05) is 182 Å². The van der Waals surface area contributed by atoms with Crippen LogP contribution in [0, 0.1) is 0 Å². The van der Waals surface area contributed by atoms with Gasteiger partial charge in [0, 0.05) is 13.1 Å². The molecule has 0 aliphatic heterocycles. The highest BCUT2D eigenvalue weighted by atomic mass is 15.2. The molecule has 212 valence electrons. The highest BCUT2D eigenvalue weighted by Gasteiger charge is 2.41. The van der Waals surface area contributed by atoms with Crippen LogP contribution in [0.1, 0.15) is 33.4 Å². The lowest BCUT2D eigenvalue weighted by atomic mass is 9.75. The summed E-state index contributed by atoms with van der Waals surface area (Å²) in [5, 5.41) is 4.10. The van der Waals surface area contributed by atoms with E-state index in [0.717, 1.165) is 13.1 Å². The minimum atomic E-state index is -0.514. The van der Waals surface area contributed by atoms with Crippen LogP contribution in [0.2, 0.25) is 0 Å². The van der Waals surface area contributed by atoms with Crippen LogP contribution in [0.3, 0.4) is 0 Å². The quantitative estimate of drug-likeness (QED) is 0.160. The summed E-state index contributed by atoms with van der Waals surface area (Å²) in [6.07, 6.45) is 0. The summed E-state index contributed by atoms with van der Waals surface area (Å²) >= 11 is 0. The zero-order valence-electron chi connectivity index (χ0n) is 24.7. The van der Waals surface area contributed by atoms with E-state index < -0.39 is 11.1 Å². The van der Waals surface area contributed by atoms with Gasteiger partial charge in [0.1, 0.15) is 0 Å². The average Bonchev–Trinajstić information content (AvgIpc) is 3.10. The molecule has 0 fully saturated rings. The van der Waals surface area contributed by atoms with Gasteiger partial charge in [-0.2, -0.15) is 0 Å². The Bertz CT molecular complexity index is 1480. The van der Waals surface area contributed by atoms with Gasteiger partial charge in [0.25, 0.3) is 0 Å². The Kier molecular flexibility index (Phi) is 8.60. The van der Waals surface area contributed by atoms with Crippen molar-refractivity contribution in [2.24, 2.45) is 0 Å². The standard InChI is InChI=1S/C41H38N2/c1-43(41(37-26-14-5-15-27-37,38-28-16-6-17-29-38)39-30-18-7-19-31-39)33-32-42-40(34-20-8-2-9-21-34,35-22-10-3-11-23-35)36-24-12-4-13-25-36/h2-31,42H,32-33H2,1H3. The lowest BCUT2D eigenvalue weighted by Crippen LogP contribution is -2.51. The molecular formula is C41H38N2. The van der Waals surface area contributed by atoms with E-state index in [9.17, 15) is 0 Å². The second-order valence-corrected chi connectivity index (χ2v) is 11.0. The van der Waals surface area contributed by atoms with E-state index in [4.69, 9.17) is 0 Å². The second-order valence-electron chi connectivity index (χ2n) is 11.0. The van der Waals surface area contributed by atoms with Crippen molar-refractivity contribution in [3.63, 3.8) is 0 Å². The molecule has 0 spiro atoms. The number of hydrogen-bond acceptors (Lipinski definition) is 2. The smallest absolute Gasteiger partial charge is 0.0970 e. The Morgan fingerprint density at radius 2 is 0.651 bits per heavy atom. The van der Waals surface area contributed by atoms with Gasteiger partial charge in [-0.3, -0.25) is 10.2 Å². The Balaban J connectivity index is 1.44. The lowest BCUT2D eigenvalue weighted by molar-refractivity contribution is 0.195. The first kappa shape index (κ1) is 28.4. The van der Waals surface area contributed by atoms with E-state index in [1.165, 1.54) is 33.4 Å². The zero-order chi connectivity index (χ0) is 29.4. The molecule has 2 nitrogen and oxygen atoms in total. The molecule has 0 amide bonds. The summed E-state index contributed by atoms with van der Waals surface area (Å²) in [5.41, 5.74) is 6.40. The van der Waals surface area contributed by atoms with E-state index in [1.54, 1.807) is 0 Å². The van der Waals surface area contributed by atoms with Crippen LogP contribution in [0.5, 0.6) is 0 Å². The third kappa shape index (κ3) is 5.44. The van der Waals surface area contributed by atoms with Crippen molar-refractivity contribution in [1.82, 2.24) is 10.2 Å². The first-order chi connectivity index (χ1) is 21.3. The van der Waals surface area contributed by atoms with Crippen LogP contribution in [-0.2, 0) is 11.1 Å². The molecule has 0 radical (unpaired) electrons. The second kappa shape index (κ2) is 13.0. The molecular weight excluding hydrogens is 520 g/mol. The molecule has 43 heavy (non-hydrogen) atoms. The van der Waals surface area contributed by atoms with E-state index >= 15 is 0 Å². The molecule has 6 aromatic rings. The summed E-state index contributed by atoms with van der Waals surface area (Å²) in [6, 6.07) is 65.2. The van der Waals surface area contributed by atoms with Crippen molar-refractivity contribution in [2.45, 2.75) is 11.1 Å². The minimum Gasteiger partial charge on any atom is -0.299 e. The van der Waals surface area contributed by atoms with Gasteiger partial charge in [-0.15, -0.1) is 0 Å². The van der Waals surface area contributed by atoms with Crippen LogP contribution in [0.4, 0.5) is 0 Å².